The first-order chi connectivity index (χ1) is 31.1. The smallest absolute Gasteiger partial charge is 0.256 e. The summed E-state index contributed by atoms with van der Waals surface area (Å²) in [6.07, 6.45) is 7.03. The predicted octanol–water partition coefficient (Wildman–Crippen LogP) is 6.21. The Hall–Kier alpha value is -3.48. The molecule has 15 nitrogen and oxygen atoms in total. The standard InChI is InChI=1S/C24H33IN4O4S.C22H29IN4O3S/c1-3-17-34(32,33)29-14-10-24(11-15-29,19-7-5-4-6-8-19)18(2)28-23(31)21-20(25)9-12-26-22(21)27-13-16-30;1-3-15-31(29,30)27-13-10-22(11-14-27,17-7-5-4-6-8-17)16-26-21(28)19-18(23)9-12-25-20(19)24-2/h4-9,12,18,30H,3,10-11,13-17H2,1-2H3,(H,26,27)(H,28,31);4-9,12H,3,10-11,13-16H2,1-2H3,(H,24,25)(H,26,28)/t18-;/m0./s1. The number of carbonyl (C=O) groups is 2. The number of aromatic nitrogens is 2. The van der Waals surface area contributed by atoms with E-state index in [1.807, 2.05) is 57.2 Å². The van der Waals surface area contributed by atoms with E-state index in [1.165, 1.54) is 0 Å². The van der Waals surface area contributed by atoms with Crippen LogP contribution in [0.2, 0.25) is 0 Å². The van der Waals surface area contributed by atoms with E-state index in [-0.39, 0.29) is 41.4 Å². The molecule has 2 aromatic carbocycles. The Balaban J connectivity index is 0.000000245. The molecule has 6 rings (SSSR count). The molecule has 2 saturated heterocycles. The van der Waals surface area contributed by atoms with Crippen LogP contribution in [-0.4, -0.2) is 123 Å². The number of sulfonamides is 2. The summed E-state index contributed by atoms with van der Waals surface area (Å²) in [4.78, 5) is 35.0. The lowest BCUT2D eigenvalue weighted by atomic mass is 9.68. The Morgan fingerprint density at radius 2 is 1.20 bits per heavy atom. The molecule has 1 atom stereocenters. The molecule has 0 aliphatic carbocycles. The van der Waals surface area contributed by atoms with Crippen LogP contribution in [-0.2, 0) is 30.9 Å². The van der Waals surface area contributed by atoms with Crippen molar-refractivity contribution in [1.29, 1.82) is 0 Å². The highest BCUT2D eigenvalue weighted by Crippen LogP contribution is 2.40. The van der Waals surface area contributed by atoms with Gasteiger partial charge in [0.05, 0.1) is 29.2 Å². The van der Waals surface area contributed by atoms with Crippen LogP contribution in [0.5, 0.6) is 0 Å². The van der Waals surface area contributed by atoms with E-state index in [0.717, 1.165) is 18.3 Å². The molecule has 0 spiro atoms. The summed E-state index contributed by atoms with van der Waals surface area (Å²) in [5.41, 5.74) is 2.46. The van der Waals surface area contributed by atoms with Gasteiger partial charge < -0.3 is 26.4 Å². The van der Waals surface area contributed by atoms with Gasteiger partial charge in [0.15, 0.2) is 0 Å². The normalized spacial score (nSPS) is 16.9. The van der Waals surface area contributed by atoms with Crippen LogP contribution in [0.4, 0.5) is 11.6 Å². The monoisotopic (exact) mass is 1160 g/mol. The van der Waals surface area contributed by atoms with Gasteiger partial charge in [0.2, 0.25) is 20.0 Å². The van der Waals surface area contributed by atoms with E-state index in [1.54, 1.807) is 40.2 Å². The van der Waals surface area contributed by atoms with E-state index >= 15 is 0 Å². The van der Waals surface area contributed by atoms with Crippen molar-refractivity contribution in [3.8, 4) is 0 Å². The number of aliphatic hydroxyl groups is 1. The summed E-state index contributed by atoms with van der Waals surface area (Å²) < 4.78 is 55.1. The van der Waals surface area contributed by atoms with E-state index < -0.39 is 25.5 Å². The maximum atomic E-state index is 13.4. The van der Waals surface area contributed by atoms with Crippen LogP contribution >= 0.6 is 45.2 Å². The fourth-order valence-electron chi connectivity index (χ4n) is 8.78. The van der Waals surface area contributed by atoms with Crippen LogP contribution in [0.25, 0.3) is 0 Å². The Morgan fingerprint density at radius 1 is 0.723 bits per heavy atom. The molecule has 65 heavy (non-hydrogen) atoms. The molecular weight excluding hydrogens is 1090 g/mol. The third-order valence-corrected chi connectivity index (χ3v) is 18.3. The molecule has 19 heteroatoms. The molecule has 4 aromatic rings. The number of carbonyl (C=O) groups excluding carboxylic acids is 2. The minimum atomic E-state index is -3.27. The lowest BCUT2D eigenvalue weighted by Gasteiger charge is -2.45. The second kappa shape index (κ2) is 24.0. The lowest BCUT2D eigenvalue weighted by molar-refractivity contribution is 0.0893. The molecular formula is C46H62I2N8O7S2. The molecule has 354 valence electrons. The van der Waals surface area contributed by atoms with Crippen molar-refractivity contribution in [3.05, 3.63) is 115 Å². The zero-order chi connectivity index (χ0) is 47.3. The minimum absolute atomic E-state index is 0.0703. The van der Waals surface area contributed by atoms with Crippen LogP contribution < -0.4 is 21.3 Å². The number of nitrogens with zero attached hydrogens (tertiary/aromatic N) is 4. The summed E-state index contributed by atoms with van der Waals surface area (Å²) in [6.45, 7) is 8.16. The second-order valence-corrected chi connectivity index (χ2v) is 22.9. The van der Waals surface area contributed by atoms with Gasteiger partial charge in [0.25, 0.3) is 11.8 Å². The van der Waals surface area contributed by atoms with Crippen LogP contribution in [0, 0.1) is 7.14 Å². The maximum Gasteiger partial charge on any atom is 0.256 e. The van der Waals surface area contributed by atoms with Crippen LogP contribution in [0.3, 0.4) is 0 Å². The van der Waals surface area contributed by atoms with Gasteiger partial charge in [-0.15, -0.1) is 0 Å². The van der Waals surface area contributed by atoms with Crippen molar-refractivity contribution in [3.63, 3.8) is 0 Å². The molecule has 0 saturated carbocycles. The van der Waals surface area contributed by atoms with Gasteiger partial charge in [-0.3, -0.25) is 9.59 Å². The van der Waals surface area contributed by atoms with Gasteiger partial charge in [-0.2, -0.15) is 0 Å². The van der Waals surface area contributed by atoms with Crippen molar-refractivity contribution >= 4 is 88.7 Å². The Kier molecular flexibility index (Phi) is 19.4. The SMILES string of the molecule is CCCS(=O)(=O)N1CCC(CNC(=O)c2c(I)ccnc2NC)(c2ccccc2)CC1.CCCS(=O)(=O)N1CCC(c2ccccc2)([C@H](C)NC(=O)c2c(I)ccnc2NCCO)CC1. The molecule has 2 aliphatic heterocycles. The molecule has 2 aliphatic rings. The first-order valence-corrected chi connectivity index (χ1v) is 27.4. The third-order valence-electron chi connectivity index (χ3n) is 12.4. The first kappa shape index (κ1) is 52.5. The molecule has 2 amide bonds. The number of aliphatic hydroxyl groups excluding tert-OH is 1. The average molecular weight is 1160 g/mol. The molecule has 0 radical (unpaired) electrons. The predicted molar refractivity (Wildman–Crippen MR) is 274 cm³/mol. The summed E-state index contributed by atoms with van der Waals surface area (Å²) in [6, 6.07) is 23.4. The minimum Gasteiger partial charge on any atom is -0.395 e. The maximum absolute atomic E-state index is 13.4. The topological polar surface area (TPSA) is 203 Å². The zero-order valence-electron chi connectivity index (χ0n) is 37.5. The highest BCUT2D eigenvalue weighted by atomic mass is 127. The third kappa shape index (κ3) is 12.9. The number of rotatable bonds is 18. The number of amides is 2. The number of hydrogen-bond donors (Lipinski definition) is 5. The summed E-state index contributed by atoms with van der Waals surface area (Å²) >= 11 is 4.25. The number of anilines is 2. The van der Waals surface area contributed by atoms with Crippen LogP contribution in [0.1, 0.15) is 91.1 Å². The summed E-state index contributed by atoms with van der Waals surface area (Å²) in [5, 5.41) is 21.5. The highest BCUT2D eigenvalue weighted by Gasteiger charge is 2.44. The Bertz CT molecular complexity index is 2420. The van der Waals surface area contributed by atoms with E-state index in [2.05, 4.69) is 101 Å². The van der Waals surface area contributed by atoms with Crippen molar-refractivity contribution in [2.45, 2.75) is 76.2 Å². The highest BCUT2D eigenvalue weighted by molar-refractivity contribution is 14.1. The van der Waals surface area contributed by atoms with Gasteiger partial charge >= 0.3 is 0 Å². The van der Waals surface area contributed by atoms with Gasteiger partial charge in [0, 0.05) is 82.7 Å². The van der Waals surface area contributed by atoms with Gasteiger partial charge in [-0.1, -0.05) is 74.5 Å². The quantitative estimate of drug-likeness (QED) is 0.0709. The van der Waals surface area contributed by atoms with Crippen molar-refractivity contribution in [2.24, 2.45) is 0 Å². The fourth-order valence-corrected chi connectivity index (χ4v) is 13.1. The largest absolute Gasteiger partial charge is 0.395 e. The van der Waals surface area contributed by atoms with Gasteiger partial charge in [-0.25, -0.2) is 35.4 Å². The molecule has 2 aromatic heterocycles. The van der Waals surface area contributed by atoms with Crippen molar-refractivity contribution in [1.82, 2.24) is 29.2 Å². The molecule has 4 heterocycles. The number of benzene rings is 2. The zero-order valence-corrected chi connectivity index (χ0v) is 43.5. The van der Waals surface area contributed by atoms with Gasteiger partial charge in [-0.05, 0) is 114 Å². The number of piperidine rings is 2. The Morgan fingerprint density at radius 3 is 1.69 bits per heavy atom. The molecule has 0 unspecified atom stereocenters. The van der Waals surface area contributed by atoms with Crippen molar-refractivity contribution < 1.29 is 31.5 Å². The van der Waals surface area contributed by atoms with E-state index in [4.69, 9.17) is 0 Å². The number of hydrogen-bond acceptors (Lipinski definition) is 11. The first-order valence-electron chi connectivity index (χ1n) is 22.0. The van der Waals surface area contributed by atoms with Crippen LogP contribution in [0.15, 0.2) is 85.2 Å². The van der Waals surface area contributed by atoms with E-state index in [0.29, 0.717) is 101 Å². The summed E-state index contributed by atoms with van der Waals surface area (Å²) in [5.74, 6) is 0.869. The number of halogens is 2. The second-order valence-electron chi connectivity index (χ2n) is 16.4. The molecule has 2 fully saturated rings. The van der Waals surface area contributed by atoms with Crippen molar-refractivity contribution in [2.75, 3.05) is 75.1 Å². The molecule has 5 N–H and O–H groups in total. The number of pyridine rings is 2. The lowest BCUT2D eigenvalue weighted by Crippen LogP contribution is -2.55. The fraction of sp³-hybridized carbons (Fsp3) is 0.478. The van der Waals surface area contributed by atoms with E-state index in [9.17, 15) is 31.5 Å². The van der Waals surface area contributed by atoms with Gasteiger partial charge in [0.1, 0.15) is 11.6 Å². The average Bonchev–Trinajstić information content (AvgIpc) is 3.30. The molecule has 0 bridgehead atoms. The Labute approximate surface area is 412 Å². The summed E-state index contributed by atoms with van der Waals surface area (Å²) in [7, 11) is -4.75. The number of nitrogens with one attached hydrogen (secondary N) is 4.